The van der Waals surface area contributed by atoms with Crippen LogP contribution in [-0.4, -0.2) is 36.1 Å². The normalized spacial score (nSPS) is 39.9. The molecule has 0 saturated carbocycles. The van der Waals surface area contributed by atoms with Gasteiger partial charge in [-0.1, -0.05) is 6.08 Å². The van der Waals surface area contributed by atoms with E-state index in [1.165, 1.54) is 0 Å². The van der Waals surface area contributed by atoms with E-state index in [0.717, 1.165) is 32.3 Å². The second-order valence-corrected chi connectivity index (χ2v) is 4.07. The number of aliphatic hydroxyl groups excluding tert-OH is 1. The van der Waals surface area contributed by atoms with Gasteiger partial charge in [0.25, 0.3) is 0 Å². The maximum absolute atomic E-state index is 9.59. The molecule has 0 aliphatic carbocycles. The summed E-state index contributed by atoms with van der Waals surface area (Å²) in [6.45, 7) is 4.44. The Hall–Kier alpha value is -0.380. The predicted molar refractivity (Wildman–Crippen MR) is 53.1 cm³/mol. The van der Waals surface area contributed by atoms with Crippen molar-refractivity contribution in [3.63, 3.8) is 0 Å². The number of hydrogen-bond acceptors (Lipinski definition) is 3. The van der Waals surface area contributed by atoms with Gasteiger partial charge in [-0.2, -0.15) is 0 Å². The van der Waals surface area contributed by atoms with E-state index in [1.54, 1.807) is 6.08 Å². The molecule has 1 N–H and O–H groups in total. The van der Waals surface area contributed by atoms with Crippen LogP contribution in [0.2, 0.25) is 0 Å². The predicted octanol–water partition coefficient (Wildman–Crippen LogP) is 1.26. The van der Waals surface area contributed by atoms with Gasteiger partial charge in [0.05, 0.1) is 24.4 Å². The van der Waals surface area contributed by atoms with Gasteiger partial charge in [0.1, 0.15) is 0 Å². The molecule has 0 aromatic heterocycles. The van der Waals surface area contributed by atoms with Gasteiger partial charge in [0.2, 0.25) is 0 Å². The summed E-state index contributed by atoms with van der Waals surface area (Å²) in [5.74, 6) is 0. The summed E-state index contributed by atoms with van der Waals surface area (Å²) in [4.78, 5) is 0. The van der Waals surface area contributed by atoms with Gasteiger partial charge in [0, 0.05) is 6.61 Å². The van der Waals surface area contributed by atoms with Gasteiger partial charge in [-0.3, -0.25) is 0 Å². The second-order valence-electron chi connectivity index (χ2n) is 4.07. The minimum atomic E-state index is -0.530. The zero-order valence-electron chi connectivity index (χ0n) is 8.39. The third-order valence-corrected chi connectivity index (χ3v) is 3.09. The first-order chi connectivity index (χ1) is 6.81. The maximum atomic E-state index is 9.59. The summed E-state index contributed by atoms with van der Waals surface area (Å²) in [6.07, 6.45) is 5.40. The fraction of sp³-hybridized carbons (Fsp3) is 0.818. The van der Waals surface area contributed by atoms with Crippen LogP contribution in [0.15, 0.2) is 12.7 Å². The molecule has 0 spiro atoms. The van der Waals surface area contributed by atoms with E-state index < -0.39 is 6.10 Å². The molecular weight excluding hydrogens is 180 g/mol. The van der Waals surface area contributed by atoms with E-state index in [2.05, 4.69) is 6.58 Å². The van der Waals surface area contributed by atoms with Gasteiger partial charge in [-0.25, -0.2) is 0 Å². The van der Waals surface area contributed by atoms with Crippen LogP contribution in [0.1, 0.15) is 25.7 Å². The number of aliphatic hydroxyl groups is 1. The molecule has 0 radical (unpaired) electrons. The van der Waals surface area contributed by atoms with Gasteiger partial charge in [-0.15, -0.1) is 6.58 Å². The zero-order chi connectivity index (χ0) is 9.97. The van der Waals surface area contributed by atoms with Crippen molar-refractivity contribution in [2.75, 3.05) is 6.61 Å². The molecule has 2 aliphatic heterocycles. The van der Waals surface area contributed by atoms with Gasteiger partial charge in [-0.05, 0) is 25.7 Å². The molecule has 3 heteroatoms. The fourth-order valence-electron chi connectivity index (χ4n) is 2.26. The molecule has 14 heavy (non-hydrogen) atoms. The molecule has 0 unspecified atom stereocenters. The molecule has 0 aromatic rings. The van der Waals surface area contributed by atoms with Crippen LogP contribution in [0.4, 0.5) is 0 Å². The Morgan fingerprint density at radius 1 is 1.29 bits per heavy atom. The van der Waals surface area contributed by atoms with Gasteiger partial charge >= 0.3 is 0 Å². The molecular formula is C11H18O3. The third kappa shape index (κ3) is 2.00. The minimum absolute atomic E-state index is 0.0737. The Labute approximate surface area is 84.7 Å². The lowest BCUT2D eigenvalue weighted by Gasteiger charge is -2.40. The van der Waals surface area contributed by atoms with Crippen molar-refractivity contribution >= 4 is 0 Å². The van der Waals surface area contributed by atoms with E-state index >= 15 is 0 Å². The topological polar surface area (TPSA) is 38.7 Å². The molecule has 2 heterocycles. The highest BCUT2D eigenvalue weighted by molar-refractivity contribution is 4.91. The average Bonchev–Trinajstić information content (AvgIpc) is 2.27. The van der Waals surface area contributed by atoms with Crippen molar-refractivity contribution in [1.29, 1.82) is 0 Å². The molecule has 0 aromatic carbocycles. The molecule has 2 rings (SSSR count). The highest BCUT2D eigenvalue weighted by atomic mass is 16.6. The lowest BCUT2D eigenvalue weighted by atomic mass is 9.94. The monoisotopic (exact) mass is 198 g/mol. The third-order valence-electron chi connectivity index (χ3n) is 3.09. The van der Waals surface area contributed by atoms with E-state index in [0.29, 0.717) is 0 Å². The van der Waals surface area contributed by atoms with E-state index in [1.807, 2.05) is 0 Å². The molecule has 3 nitrogen and oxygen atoms in total. The summed E-state index contributed by atoms with van der Waals surface area (Å²) >= 11 is 0. The van der Waals surface area contributed by atoms with Crippen LogP contribution in [0.25, 0.3) is 0 Å². The average molecular weight is 198 g/mol. The van der Waals surface area contributed by atoms with E-state index in [4.69, 9.17) is 9.47 Å². The standard InChI is InChI=1S/C11H18O3/c1-2-8(12)9-5-6-10-11(14-9)4-3-7-13-10/h2,8-12H,1,3-7H2/t8-,9+,10+,11-/m1/s1. The number of ether oxygens (including phenoxy) is 2. The Balaban J connectivity index is 1.92. The Morgan fingerprint density at radius 2 is 2.14 bits per heavy atom. The molecule has 2 aliphatic rings. The van der Waals surface area contributed by atoms with Gasteiger partial charge in [0.15, 0.2) is 0 Å². The summed E-state index contributed by atoms with van der Waals surface area (Å²) in [7, 11) is 0. The van der Waals surface area contributed by atoms with Crippen molar-refractivity contribution in [1.82, 2.24) is 0 Å². The minimum Gasteiger partial charge on any atom is -0.386 e. The van der Waals surface area contributed by atoms with Crippen LogP contribution in [0.5, 0.6) is 0 Å². The molecule has 4 atom stereocenters. The lowest BCUT2D eigenvalue weighted by Crippen LogP contribution is -2.46. The van der Waals surface area contributed by atoms with Crippen LogP contribution >= 0.6 is 0 Å². The molecule has 0 bridgehead atoms. The summed E-state index contributed by atoms with van der Waals surface area (Å²) in [5, 5.41) is 9.59. The number of fused-ring (bicyclic) bond motifs is 1. The first-order valence-corrected chi connectivity index (χ1v) is 5.39. The first kappa shape index (κ1) is 10.1. The summed E-state index contributed by atoms with van der Waals surface area (Å²) in [6, 6.07) is 0. The Kier molecular flexibility index (Phi) is 3.21. The number of hydrogen-bond donors (Lipinski definition) is 1. The van der Waals surface area contributed by atoms with E-state index in [-0.39, 0.29) is 18.3 Å². The molecule has 2 fully saturated rings. The van der Waals surface area contributed by atoms with Crippen molar-refractivity contribution in [3.05, 3.63) is 12.7 Å². The highest BCUT2D eigenvalue weighted by Gasteiger charge is 2.35. The fourth-order valence-corrected chi connectivity index (χ4v) is 2.26. The smallest absolute Gasteiger partial charge is 0.0980 e. The quantitative estimate of drug-likeness (QED) is 0.679. The molecule has 2 saturated heterocycles. The zero-order valence-corrected chi connectivity index (χ0v) is 8.39. The van der Waals surface area contributed by atoms with Crippen molar-refractivity contribution in [2.45, 2.75) is 50.1 Å². The van der Waals surface area contributed by atoms with Crippen molar-refractivity contribution in [3.8, 4) is 0 Å². The first-order valence-electron chi connectivity index (χ1n) is 5.39. The number of rotatable bonds is 2. The largest absolute Gasteiger partial charge is 0.386 e. The summed E-state index contributed by atoms with van der Waals surface area (Å²) < 4.78 is 11.4. The molecule has 80 valence electrons. The Bertz CT molecular complexity index is 205. The second kappa shape index (κ2) is 4.43. The highest BCUT2D eigenvalue weighted by Crippen LogP contribution is 2.29. The van der Waals surface area contributed by atoms with Crippen LogP contribution in [-0.2, 0) is 9.47 Å². The van der Waals surface area contributed by atoms with Crippen molar-refractivity contribution in [2.24, 2.45) is 0 Å². The van der Waals surface area contributed by atoms with Crippen LogP contribution in [0.3, 0.4) is 0 Å². The Morgan fingerprint density at radius 3 is 2.93 bits per heavy atom. The SMILES string of the molecule is C=C[C@@H](O)[C@@H]1CC[C@@H]2OCCC[C@H]2O1. The molecule has 0 amide bonds. The van der Waals surface area contributed by atoms with Gasteiger partial charge < -0.3 is 14.6 Å². The maximum Gasteiger partial charge on any atom is 0.0980 e. The summed E-state index contributed by atoms with van der Waals surface area (Å²) in [5.41, 5.74) is 0. The van der Waals surface area contributed by atoms with E-state index in [9.17, 15) is 5.11 Å². The lowest BCUT2D eigenvalue weighted by molar-refractivity contribution is -0.180. The van der Waals surface area contributed by atoms with Crippen molar-refractivity contribution < 1.29 is 14.6 Å². The van der Waals surface area contributed by atoms with Crippen LogP contribution < -0.4 is 0 Å². The van der Waals surface area contributed by atoms with Crippen LogP contribution in [0, 0.1) is 0 Å².